The standard InChI is InChI=1S/C27H25NO3S2/c1-2-20-9-13-23(14-10-20)30-17-6-18-31-24-15-11-21(12-16-24)19-25-26(29)28(27(32)33-25)22-7-4-3-5-8-22/h3-5,7-16,19H,2,6,17-18H2,1H3/b25-19+. The third-order valence-corrected chi connectivity index (χ3v) is 6.45. The fraction of sp³-hybridized carbons (Fsp3) is 0.185. The quantitative estimate of drug-likeness (QED) is 0.201. The van der Waals surface area contributed by atoms with Gasteiger partial charge in [0.1, 0.15) is 11.5 Å². The lowest BCUT2D eigenvalue weighted by Crippen LogP contribution is -2.27. The van der Waals surface area contributed by atoms with Crippen LogP contribution < -0.4 is 14.4 Å². The molecule has 1 saturated heterocycles. The van der Waals surface area contributed by atoms with E-state index in [1.807, 2.05) is 72.8 Å². The highest BCUT2D eigenvalue weighted by molar-refractivity contribution is 8.27. The first-order chi connectivity index (χ1) is 16.1. The average Bonchev–Trinajstić information content (AvgIpc) is 3.13. The number of aryl methyl sites for hydroxylation is 1. The van der Waals surface area contributed by atoms with Crippen LogP contribution in [0, 0.1) is 0 Å². The Kier molecular flexibility index (Phi) is 7.81. The second-order valence-electron chi connectivity index (χ2n) is 7.47. The Bertz CT molecular complexity index is 1130. The van der Waals surface area contributed by atoms with Crippen molar-refractivity contribution in [2.24, 2.45) is 0 Å². The van der Waals surface area contributed by atoms with Crippen molar-refractivity contribution in [3.63, 3.8) is 0 Å². The maximum absolute atomic E-state index is 12.8. The fourth-order valence-electron chi connectivity index (χ4n) is 3.34. The van der Waals surface area contributed by atoms with Crippen molar-refractivity contribution >= 4 is 46.0 Å². The Morgan fingerprint density at radius 3 is 2.09 bits per heavy atom. The molecule has 4 rings (SSSR count). The van der Waals surface area contributed by atoms with Gasteiger partial charge in [-0.2, -0.15) is 0 Å². The van der Waals surface area contributed by atoms with Crippen LogP contribution in [0.15, 0.2) is 83.8 Å². The number of nitrogens with zero attached hydrogens (tertiary/aromatic N) is 1. The first-order valence-corrected chi connectivity index (χ1v) is 12.1. The Morgan fingerprint density at radius 2 is 1.48 bits per heavy atom. The molecule has 0 atom stereocenters. The SMILES string of the molecule is CCc1ccc(OCCCOc2ccc(/C=C3/SC(=S)N(c4ccccc4)C3=O)cc2)cc1. The van der Waals surface area contributed by atoms with Crippen LogP contribution >= 0.6 is 24.0 Å². The number of rotatable bonds is 9. The number of hydrogen-bond donors (Lipinski definition) is 0. The second-order valence-corrected chi connectivity index (χ2v) is 9.15. The van der Waals surface area contributed by atoms with Gasteiger partial charge in [0.25, 0.3) is 5.91 Å². The van der Waals surface area contributed by atoms with Crippen LogP contribution in [-0.4, -0.2) is 23.4 Å². The monoisotopic (exact) mass is 475 g/mol. The van der Waals surface area contributed by atoms with Crippen molar-refractivity contribution in [1.29, 1.82) is 0 Å². The first kappa shape index (κ1) is 23.1. The van der Waals surface area contributed by atoms with Gasteiger partial charge >= 0.3 is 0 Å². The van der Waals surface area contributed by atoms with Gasteiger partial charge in [-0.25, -0.2) is 0 Å². The molecule has 6 heteroatoms. The van der Waals surface area contributed by atoms with Gasteiger partial charge in [-0.1, -0.05) is 73.4 Å². The zero-order valence-corrected chi connectivity index (χ0v) is 20.0. The summed E-state index contributed by atoms with van der Waals surface area (Å²) in [6, 6.07) is 25.4. The molecular formula is C27H25NO3S2. The molecule has 0 saturated carbocycles. The summed E-state index contributed by atoms with van der Waals surface area (Å²) in [5.74, 6) is 1.58. The van der Waals surface area contributed by atoms with Gasteiger partial charge in [0.15, 0.2) is 4.32 Å². The van der Waals surface area contributed by atoms with E-state index in [9.17, 15) is 4.79 Å². The van der Waals surface area contributed by atoms with Gasteiger partial charge in [-0.15, -0.1) is 0 Å². The van der Waals surface area contributed by atoms with E-state index in [0.29, 0.717) is 22.4 Å². The molecule has 3 aromatic carbocycles. The van der Waals surface area contributed by atoms with Crippen LogP contribution in [0.1, 0.15) is 24.5 Å². The van der Waals surface area contributed by atoms with Crippen LogP contribution in [-0.2, 0) is 11.2 Å². The summed E-state index contributed by atoms with van der Waals surface area (Å²) in [6.45, 7) is 3.31. The largest absolute Gasteiger partial charge is 0.493 e. The van der Waals surface area contributed by atoms with Crippen LogP contribution in [0.3, 0.4) is 0 Å². The molecule has 0 spiro atoms. The number of para-hydroxylation sites is 1. The van der Waals surface area contributed by atoms with Gasteiger partial charge in [0.2, 0.25) is 0 Å². The van der Waals surface area contributed by atoms with E-state index >= 15 is 0 Å². The molecule has 0 bridgehead atoms. The lowest BCUT2D eigenvalue weighted by Gasteiger charge is -2.13. The minimum absolute atomic E-state index is 0.0964. The molecule has 168 valence electrons. The van der Waals surface area contributed by atoms with Crippen LogP contribution in [0.25, 0.3) is 6.08 Å². The number of carbonyl (C=O) groups excluding carboxylic acids is 1. The van der Waals surface area contributed by atoms with Crippen molar-refractivity contribution in [1.82, 2.24) is 0 Å². The number of hydrogen-bond acceptors (Lipinski definition) is 5. The Balaban J connectivity index is 1.26. The zero-order valence-electron chi connectivity index (χ0n) is 18.4. The van der Waals surface area contributed by atoms with Gasteiger partial charge in [-0.3, -0.25) is 9.69 Å². The Hall–Kier alpha value is -3.09. The van der Waals surface area contributed by atoms with E-state index in [4.69, 9.17) is 21.7 Å². The van der Waals surface area contributed by atoms with E-state index < -0.39 is 0 Å². The summed E-state index contributed by atoms with van der Waals surface area (Å²) < 4.78 is 12.1. The summed E-state index contributed by atoms with van der Waals surface area (Å²) in [7, 11) is 0. The van der Waals surface area contributed by atoms with Gasteiger partial charge in [0.05, 0.1) is 23.8 Å². The number of amides is 1. The molecule has 4 nitrogen and oxygen atoms in total. The second kappa shape index (κ2) is 11.2. The molecule has 0 aliphatic carbocycles. The van der Waals surface area contributed by atoms with E-state index in [2.05, 4.69) is 19.1 Å². The molecule has 1 aliphatic heterocycles. The third-order valence-electron chi connectivity index (χ3n) is 5.14. The van der Waals surface area contributed by atoms with Crippen molar-refractivity contribution in [3.8, 4) is 11.5 Å². The van der Waals surface area contributed by atoms with Crippen LogP contribution in [0.4, 0.5) is 5.69 Å². The molecule has 0 radical (unpaired) electrons. The van der Waals surface area contributed by atoms with E-state index in [-0.39, 0.29) is 5.91 Å². The van der Waals surface area contributed by atoms with Crippen LogP contribution in [0.2, 0.25) is 0 Å². The van der Waals surface area contributed by atoms with Crippen molar-refractivity contribution in [3.05, 3.63) is 94.9 Å². The van der Waals surface area contributed by atoms with E-state index in [1.165, 1.54) is 17.3 Å². The summed E-state index contributed by atoms with van der Waals surface area (Å²) in [4.78, 5) is 15.0. The van der Waals surface area contributed by atoms with E-state index in [1.54, 1.807) is 4.90 Å². The maximum Gasteiger partial charge on any atom is 0.270 e. The number of carbonyl (C=O) groups is 1. The normalized spacial score (nSPS) is 14.7. The number of anilines is 1. The topological polar surface area (TPSA) is 38.8 Å². The summed E-state index contributed by atoms with van der Waals surface area (Å²) in [6.07, 6.45) is 3.68. The Labute approximate surface area is 204 Å². The van der Waals surface area contributed by atoms with Gasteiger partial charge in [0, 0.05) is 6.42 Å². The molecule has 0 N–H and O–H groups in total. The summed E-state index contributed by atoms with van der Waals surface area (Å²) in [5, 5.41) is 0. The molecule has 3 aromatic rings. The number of ether oxygens (including phenoxy) is 2. The molecule has 33 heavy (non-hydrogen) atoms. The number of thiocarbonyl (C=S) groups is 1. The predicted octanol–water partition coefficient (Wildman–Crippen LogP) is 6.50. The summed E-state index contributed by atoms with van der Waals surface area (Å²) in [5.41, 5.74) is 3.01. The summed E-state index contributed by atoms with van der Waals surface area (Å²) >= 11 is 6.74. The molecule has 1 fully saturated rings. The predicted molar refractivity (Wildman–Crippen MR) is 140 cm³/mol. The molecule has 1 aliphatic rings. The van der Waals surface area contributed by atoms with Gasteiger partial charge < -0.3 is 9.47 Å². The Morgan fingerprint density at radius 1 is 0.879 bits per heavy atom. The highest BCUT2D eigenvalue weighted by Gasteiger charge is 2.33. The fourth-order valence-corrected chi connectivity index (χ4v) is 4.64. The number of thioether (sulfide) groups is 1. The molecule has 1 amide bonds. The van der Waals surface area contributed by atoms with E-state index in [0.717, 1.165) is 35.6 Å². The molecule has 1 heterocycles. The van der Waals surface area contributed by atoms with Crippen molar-refractivity contribution < 1.29 is 14.3 Å². The zero-order chi connectivity index (χ0) is 23.0. The van der Waals surface area contributed by atoms with Crippen molar-refractivity contribution in [2.75, 3.05) is 18.1 Å². The smallest absolute Gasteiger partial charge is 0.270 e. The molecular weight excluding hydrogens is 450 g/mol. The van der Waals surface area contributed by atoms with Crippen LogP contribution in [0.5, 0.6) is 11.5 Å². The highest BCUT2D eigenvalue weighted by atomic mass is 32.2. The van der Waals surface area contributed by atoms with Gasteiger partial charge in [-0.05, 0) is 60.0 Å². The molecule has 0 aromatic heterocycles. The first-order valence-electron chi connectivity index (χ1n) is 10.9. The maximum atomic E-state index is 12.8. The minimum Gasteiger partial charge on any atom is -0.493 e. The number of benzene rings is 3. The average molecular weight is 476 g/mol. The highest BCUT2D eigenvalue weighted by Crippen LogP contribution is 2.36. The lowest BCUT2D eigenvalue weighted by molar-refractivity contribution is -0.113. The minimum atomic E-state index is -0.0964. The third kappa shape index (κ3) is 6.03. The molecule has 0 unspecified atom stereocenters. The lowest BCUT2D eigenvalue weighted by atomic mass is 10.2. The van der Waals surface area contributed by atoms with Crippen molar-refractivity contribution in [2.45, 2.75) is 19.8 Å².